The number of piperidine rings is 2. The maximum atomic E-state index is 13.7. The van der Waals surface area contributed by atoms with Gasteiger partial charge < -0.3 is 26.0 Å². The quantitative estimate of drug-likeness (QED) is 0.298. The normalized spacial score (nSPS) is 23.8. The van der Waals surface area contributed by atoms with E-state index in [9.17, 15) is 22.8 Å². The predicted octanol–water partition coefficient (Wildman–Crippen LogP) is 0.817. The van der Waals surface area contributed by atoms with Gasteiger partial charge in [-0.25, -0.2) is 17.5 Å². The number of carbonyl (C=O) groups is 3. The molecule has 12 nitrogen and oxygen atoms in total. The van der Waals surface area contributed by atoms with E-state index in [1.165, 1.54) is 34.8 Å². The molecule has 3 fully saturated rings. The first-order chi connectivity index (χ1) is 17.9. The van der Waals surface area contributed by atoms with Crippen molar-refractivity contribution < 1.29 is 27.9 Å². The first kappa shape index (κ1) is 27.8. The van der Waals surface area contributed by atoms with Crippen molar-refractivity contribution in [2.45, 2.75) is 38.1 Å². The number of rotatable bonds is 6. The molecule has 2 amide bonds. The van der Waals surface area contributed by atoms with E-state index in [0.717, 1.165) is 0 Å². The van der Waals surface area contributed by atoms with Crippen LogP contribution in [0.1, 0.15) is 42.5 Å². The van der Waals surface area contributed by atoms with Gasteiger partial charge in [0.2, 0.25) is 21.8 Å². The van der Waals surface area contributed by atoms with Gasteiger partial charge in [-0.2, -0.15) is 0 Å². The standard InChI is InChI=1S/C25H36N6O6S/c1-38(36,37)30-12-8-16(9-13-30)19-14-21(22(32)28-20-4-2-18(3-5-20)24(34)35)31(15-19)23(33)17-6-10-29(11-7-17)25(26)27/h2-5,16-17,19,21H,6-15H2,1H3,(H3,26,27)(H,28,32)(H,34,35)/t19-,21-/m0/s1. The topological polar surface area (TPSA) is 177 Å². The summed E-state index contributed by atoms with van der Waals surface area (Å²) in [6.45, 7) is 2.33. The van der Waals surface area contributed by atoms with E-state index in [2.05, 4.69) is 5.32 Å². The molecular formula is C25H36N6O6S. The van der Waals surface area contributed by atoms with Crippen LogP contribution in [-0.2, 0) is 19.6 Å². The number of likely N-dealkylation sites (tertiary alicyclic amines) is 2. The number of guanidine groups is 1. The summed E-state index contributed by atoms with van der Waals surface area (Å²) in [4.78, 5) is 41.6. The maximum Gasteiger partial charge on any atom is 0.335 e. The van der Waals surface area contributed by atoms with Crippen molar-refractivity contribution in [2.75, 3.05) is 44.3 Å². The van der Waals surface area contributed by atoms with Crippen molar-refractivity contribution in [3.63, 3.8) is 0 Å². The lowest BCUT2D eigenvalue weighted by Gasteiger charge is -2.35. The van der Waals surface area contributed by atoms with Gasteiger partial charge in [-0.15, -0.1) is 0 Å². The van der Waals surface area contributed by atoms with Gasteiger partial charge in [-0.1, -0.05) is 0 Å². The largest absolute Gasteiger partial charge is 0.478 e. The number of hydrogen-bond donors (Lipinski definition) is 4. The number of carbonyl (C=O) groups excluding carboxylic acids is 2. The lowest BCUT2D eigenvalue weighted by atomic mass is 9.83. The van der Waals surface area contributed by atoms with E-state index in [4.69, 9.17) is 16.2 Å². The van der Waals surface area contributed by atoms with Crippen LogP contribution in [0.2, 0.25) is 0 Å². The van der Waals surface area contributed by atoms with Crippen LogP contribution >= 0.6 is 0 Å². The van der Waals surface area contributed by atoms with Crippen LogP contribution in [0.4, 0.5) is 5.69 Å². The van der Waals surface area contributed by atoms with E-state index in [0.29, 0.717) is 70.5 Å². The number of carboxylic acids is 1. The average Bonchev–Trinajstić information content (AvgIpc) is 3.34. The van der Waals surface area contributed by atoms with Gasteiger partial charge in [-0.3, -0.25) is 15.0 Å². The van der Waals surface area contributed by atoms with Gasteiger partial charge in [0.1, 0.15) is 6.04 Å². The zero-order valence-electron chi connectivity index (χ0n) is 21.5. The summed E-state index contributed by atoms with van der Waals surface area (Å²) in [5.74, 6) is -1.45. The van der Waals surface area contributed by atoms with Crippen molar-refractivity contribution in [1.82, 2.24) is 14.1 Å². The molecule has 0 aromatic heterocycles. The maximum absolute atomic E-state index is 13.7. The SMILES string of the molecule is CS(=O)(=O)N1CCC([C@H]2C[C@@H](C(=O)Nc3ccc(C(=O)O)cc3)N(C(=O)C3CCN(C(=N)N)CC3)C2)CC1. The van der Waals surface area contributed by atoms with Gasteiger partial charge in [0, 0.05) is 44.3 Å². The van der Waals surface area contributed by atoms with Crippen molar-refractivity contribution in [1.29, 1.82) is 5.41 Å². The molecule has 3 aliphatic heterocycles. The van der Waals surface area contributed by atoms with Gasteiger partial charge in [0.05, 0.1) is 11.8 Å². The summed E-state index contributed by atoms with van der Waals surface area (Å²) in [6, 6.07) is 5.20. The number of hydrogen-bond acceptors (Lipinski definition) is 6. The highest BCUT2D eigenvalue weighted by atomic mass is 32.2. The van der Waals surface area contributed by atoms with E-state index in [1.54, 1.807) is 9.80 Å². The summed E-state index contributed by atoms with van der Waals surface area (Å²) in [5, 5.41) is 19.6. The molecular weight excluding hydrogens is 512 g/mol. The Bertz CT molecular complexity index is 1170. The van der Waals surface area contributed by atoms with Crippen molar-refractivity contribution in [2.24, 2.45) is 23.5 Å². The zero-order valence-corrected chi connectivity index (χ0v) is 22.3. The Morgan fingerprint density at radius 3 is 2.13 bits per heavy atom. The number of amides is 2. The Hall–Kier alpha value is -3.19. The van der Waals surface area contributed by atoms with Crippen LogP contribution in [0.15, 0.2) is 24.3 Å². The zero-order chi connectivity index (χ0) is 27.6. The molecule has 2 atom stereocenters. The fourth-order valence-corrected chi connectivity index (χ4v) is 6.78. The second-order valence-corrected chi connectivity index (χ2v) is 12.5. The first-order valence-electron chi connectivity index (χ1n) is 12.9. The first-order valence-corrected chi connectivity index (χ1v) is 14.8. The molecule has 13 heteroatoms. The second kappa shape index (κ2) is 11.3. The minimum Gasteiger partial charge on any atom is -0.478 e. The fraction of sp³-hybridized carbons (Fsp3) is 0.600. The van der Waals surface area contributed by atoms with Gasteiger partial charge in [0.15, 0.2) is 5.96 Å². The second-order valence-electron chi connectivity index (χ2n) is 10.5. The van der Waals surface area contributed by atoms with Crippen molar-refractivity contribution in [3.8, 4) is 0 Å². The molecule has 1 aromatic rings. The molecule has 4 rings (SSSR count). The number of nitrogens with two attached hydrogens (primary N) is 1. The number of anilines is 1. The third-order valence-electron chi connectivity index (χ3n) is 8.14. The highest BCUT2D eigenvalue weighted by Gasteiger charge is 2.45. The van der Waals surface area contributed by atoms with Crippen LogP contribution in [0.25, 0.3) is 0 Å². The molecule has 3 aliphatic rings. The van der Waals surface area contributed by atoms with Crippen LogP contribution < -0.4 is 11.1 Å². The summed E-state index contributed by atoms with van der Waals surface area (Å²) in [6.07, 6.45) is 4.17. The summed E-state index contributed by atoms with van der Waals surface area (Å²) in [7, 11) is -3.25. The molecule has 0 saturated carbocycles. The van der Waals surface area contributed by atoms with Crippen LogP contribution in [0, 0.1) is 23.2 Å². The number of nitrogens with one attached hydrogen (secondary N) is 2. The van der Waals surface area contributed by atoms with E-state index in [1.807, 2.05) is 0 Å². The smallest absolute Gasteiger partial charge is 0.335 e. The Balaban J connectivity index is 1.48. The van der Waals surface area contributed by atoms with Crippen molar-refractivity contribution in [3.05, 3.63) is 29.8 Å². The van der Waals surface area contributed by atoms with Crippen molar-refractivity contribution >= 4 is 39.5 Å². The van der Waals surface area contributed by atoms with Gasteiger partial charge in [0.25, 0.3) is 0 Å². The number of sulfonamides is 1. The van der Waals surface area contributed by atoms with Gasteiger partial charge >= 0.3 is 5.97 Å². The van der Waals surface area contributed by atoms with E-state index >= 15 is 0 Å². The van der Waals surface area contributed by atoms with Crippen LogP contribution in [0.5, 0.6) is 0 Å². The molecule has 0 spiro atoms. The molecule has 0 aliphatic carbocycles. The molecule has 3 heterocycles. The lowest BCUT2D eigenvalue weighted by molar-refractivity contribution is -0.141. The Morgan fingerprint density at radius 2 is 1.61 bits per heavy atom. The average molecular weight is 549 g/mol. The molecule has 3 saturated heterocycles. The van der Waals surface area contributed by atoms with E-state index in [-0.39, 0.29) is 41.1 Å². The number of benzene rings is 1. The third-order valence-corrected chi connectivity index (χ3v) is 9.44. The molecule has 1 aromatic carbocycles. The number of aromatic carboxylic acids is 1. The molecule has 5 N–H and O–H groups in total. The summed E-state index contributed by atoms with van der Waals surface area (Å²) >= 11 is 0. The highest BCUT2D eigenvalue weighted by molar-refractivity contribution is 7.88. The fourth-order valence-electron chi connectivity index (χ4n) is 5.90. The molecule has 0 bridgehead atoms. The van der Waals surface area contributed by atoms with Crippen LogP contribution in [-0.4, -0.2) is 96.4 Å². The van der Waals surface area contributed by atoms with Crippen LogP contribution in [0.3, 0.4) is 0 Å². The molecule has 208 valence electrons. The molecule has 0 radical (unpaired) electrons. The molecule has 38 heavy (non-hydrogen) atoms. The monoisotopic (exact) mass is 548 g/mol. The minimum atomic E-state index is -3.25. The minimum absolute atomic E-state index is 0.0104. The van der Waals surface area contributed by atoms with Gasteiger partial charge in [-0.05, 0) is 68.2 Å². The Morgan fingerprint density at radius 1 is 1.00 bits per heavy atom. The summed E-state index contributed by atoms with van der Waals surface area (Å²) < 4.78 is 25.3. The summed E-state index contributed by atoms with van der Waals surface area (Å²) in [5.41, 5.74) is 6.16. The predicted molar refractivity (Wildman–Crippen MR) is 141 cm³/mol. The van der Waals surface area contributed by atoms with E-state index < -0.39 is 22.0 Å². The highest BCUT2D eigenvalue weighted by Crippen LogP contribution is 2.37. The third kappa shape index (κ3) is 6.26. The number of nitrogens with zero attached hydrogens (tertiary/aromatic N) is 3. The Kier molecular flexibility index (Phi) is 8.26. The Labute approximate surface area is 222 Å². The lowest BCUT2D eigenvalue weighted by Crippen LogP contribution is -2.49. The molecule has 0 unspecified atom stereocenters. The number of carboxylic acid groups (broad SMARTS) is 1.